The van der Waals surface area contributed by atoms with Gasteiger partial charge in [-0.1, -0.05) is 25.5 Å². The van der Waals surface area contributed by atoms with E-state index in [1.165, 1.54) is 0 Å². The molecule has 0 aliphatic carbocycles. The Balaban J connectivity index is 1.39. The van der Waals surface area contributed by atoms with Crippen molar-refractivity contribution in [3.05, 3.63) is 90.4 Å². The zero-order valence-corrected chi connectivity index (χ0v) is 19.3. The van der Waals surface area contributed by atoms with E-state index >= 15 is 0 Å². The summed E-state index contributed by atoms with van der Waals surface area (Å²) in [7, 11) is -3.62. The molecular weight excluding hydrogens is 436 g/mol. The molecule has 0 amide bonds. The molecule has 170 valence electrons. The minimum atomic E-state index is -3.62. The van der Waals surface area contributed by atoms with Crippen molar-refractivity contribution in [2.75, 3.05) is 6.61 Å². The minimum Gasteiger partial charge on any atom is -0.494 e. The van der Waals surface area contributed by atoms with Gasteiger partial charge in [0.25, 0.3) is 0 Å². The van der Waals surface area contributed by atoms with E-state index in [1.807, 2.05) is 10.5 Å². The van der Waals surface area contributed by atoms with Gasteiger partial charge in [0.05, 0.1) is 16.4 Å². The Hall–Kier alpha value is -3.45. The first kappa shape index (κ1) is 22.7. The van der Waals surface area contributed by atoms with Crippen LogP contribution in [0.2, 0.25) is 0 Å². The van der Waals surface area contributed by atoms with E-state index in [1.54, 1.807) is 73.2 Å². The molecule has 2 heterocycles. The number of aromatic nitrogens is 2. The van der Waals surface area contributed by atoms with Crippen molar-refractivity contribution in [3.63, 3.8) is 0 Å². The Morgan fingerprint density at radius 2 is 1.67 bits per heavy atom. The van der Waals surface area contributed by atoms with Crippen LogP contribution in [0.15, 0.2) is 89.0 Å². The number of Topliss-reactive ketones (excluding diaryl/α,β-unsaturated/α-hetero) is 1. The van der Waals surface area contributed by atoms with Gasteiger partial charge in [0, 0.05) is 30.6 Å². The van der Waals surface area contributed by atoms with Crippen LogP contribution in [0.3, 0.4) is 0 Å². The van der Waals surface area contributed by atoms with E-state index in [0.717, 1.165) is 24.1 Å². The van der Waals surface area contributed by atoms with Gasteiger partial charge in [0.2, 0.25) is 9.84 Å². The number of carbonyl (C=O) groups is 1. The van der Waals surface area contributed by atoms with Gasteiger partial charge in [-0.25, -0.2) is 13.4 Å². The summed E-state index contributed by atoms with van der Waals surface area (Å²) in [4.78, 5) is 17.2. The fraction of sp³-hybridized carbons (Fsp3) is 0.231. The van der Waals surface area contributed by atoms with Crippen LogP contribution in [0.5, 0.6) is 5.75 Å². The van der Waals surface area contributed by atoms with Crippen molar-refractivity contribution in [2.24, 2.45) is 0 Å². The molecule has 0 aliphatic rings. The molecule has 0 bridgehead atoms. The number of hydrogen-bond acceptors (Lipinski definition) is 5. The number of fused-ring (bicyclic) bond motifs is 1. The van der Waals surface area contributed by atoms with Gasteiger partial charge in [-0.2, -0.15) is 0 Å². The average Bonchev–Trinajstić information content (AvgIpc) is 3.31. The van der Waals surface area contributed by atoms with Gasteiger partial charge in [0.1, 0.15) is 11.4 Å². The second kappa shape index (κ2) is 10.0. The van der Waals surface area contributed by atoms with Gasteiger partial charge >= 0.3 is 0 Å². The summed E-state index contributed by atoms with van der Waals surface area (Å²) < 4.78 is 33.3. The summed E-state index contributed by atoms with van der Waals surface area (Å²) in [5, 5.41) is 0. The van der Waals surface area contributed by atoms with Gasteiger partial charge in [0.15, 0.2) is 5.78 Å². The quantitative estimate of drug-likeness (QED) is 0.240. The monoisotopic (exact) mass is 462 g/mol. The number of unbranched alkanes of at least 4 members (excludes halogenated alkanes) is 1. The zero-order valence-electron chi connectivity index (χ0n) is 18.5. The van der Waals surface area contributed by atoms with Crippen molar-refractivity contribution >= 4 is 21.3 Å². The predicted octanol–water partition coefficient (Wildman–Crippen LogP) is 5.16. The molecule has 0 saturated heterocycles. The highest BCUT2D eigenvalue weighted by atomic mass is 32.2. The second-order valence-electron chi connectivity index (χ2n) is 7.85. The third-order valence-corrected chi connectivity index (χ3v) is 7.27. The van der Waals surface area contributed by atoms with Gasteiger partial charge in [-0.3, -0.25) is 4.79 Å². The topological polar surface area (TPSA) is 77.7 Å². The summed E-state index contributed by atoms with van der Waals surface area (Å²) in [6, 6.07) is 16.8. The van der Waals surface area contributed by atoms with Crippen LogP contribution in [-0.2, 0) is 16.3 Å². The van der Waals surface area contributed by atoms with E-state index in [9.17, 15) is 13.2 Å². The van der Waals surface area contributed by atoms with Crippen LogP contribution in [0.4, 0.5) is 0 Å². The maximum atomic E-state index is 13.0. The van der Waals surface area contributed by atoms with E-state index in [-0.39, 0.29) is 15.6 Å². The number of ether oxygens (including phenoxy) is 1. The molecule has 0 aliphatic heterocycles. The highest BCUT2D eigenvalue weighted by molar-refractivity contribution is 7.91. The number of ketones is 1. The van der Waals surface area contributed by atoms with Gasteiger partial charge in [-0.15, -0.1) is 0 Å². The molecular formula is C26H26N2O4S. The molecule has 0 fully saturated rings. The first-order valence-corrected chi connectivity index (χ1v) is 12.5. The highest BCUT2D eigenvalue weighted by Gasteiger charge is 2.18. The number of carbonyl (C=O) groups excluding carboxylic acids is 1. The van der Waals surface area contributed by atoms with Gasteiger partial charge in [-0.05, 0) is 66.9 Å². The van der Waals surface area contributed by atoms with Crippen molar-refractivity contribution in [3.8, 4) is 5.75 Å². The zero-order chi connectivity index (χ0) is 23.3. The fourth-order valence-electron chi connectivity index (χ4n) is 3.51. The number of pyridine rings is 1. The lowest BCUT2D eigenvalue weighted by Crippen LogP contribution is -2.04. The van der Waals surface area contributed by atoms with E-state index < -0.39 is 9.84 Å². The smallest absolute Gasteiger partial charge is 0.206 e. The van der Waals surface area contributed by atoms with Crippen molar-refractivity contribution in [1.29, 1.82) is 0 Å². The Labute approximate surface area is 193 Å². The lowest BCUT2D eigenvalue weighted by molar-refractivity contribution is 0.0982. The normalized spacial score (nSPS) is 11.5. The molecule has 0 unspecified atom stereocenters. The number of aryl methyl sites for hydroxylation is 1. The third-order valence-electron chi connectivity index (χ3n) is 5.49. The van der Waals surface area contributed by atoms with Gasteiger partial charge < -0.3 is 9.14 Å². The number of rotatable bonds is 10. The Morgan fingerprint density at radius 1 is 0.970 bits per heavy atom. The Morgan fingerprint density at radius 3 is 2.36 bits per heavy atom. The lowest BCUT2D eigenvalue weighted by atomic mass is 10.0. The first-order valence-electron chi connectivity index (χ1n) is 11.0. The highest BCUT2D eigenvalue weighted by Crippen LogP contribution is 2.24. The molecule has 4 aromatic rings. The Bertz CT molecular complexity index is 1340. The van der Waals surface area contributed by atoms with E-state index in [4.69, 9.17) is 4.74 Å². The molecule has 4 rings (SSSR count). The number of imidazole rings is 1. The predicted molar refractivity (Wildman–Crippen MR) is 127 cm³/mol. The molecule has 0 N–H and O–H groups in total. The maximum absolute atomic E-state index is 13.0. The second-order valence-corrected chi connectivity index (χ2v) is 9.80. The molecule has 0 saturated carbocycles. The fourth-order valence-corrected chi connectivity index (χ4v) is 4.77. The molecule has 7 heteroatoms. The molecule has 0 radical (unpaired) electrons. The summed E-state index contributed by atoms with van der Waals surface area (Å²) in [5.41, 5.74) is 2.33. The van der Waals surface area contributed by atoms with Crippen LogP contribution < -0.4 is 4.74 Å². The van der Waals surface area contributed by atoms with Crippen LogP contribution in [0.1, 0.15) is 42.1 Å². The number of sulfone groups is 1. The number of hydrogen-bond donors (Lipinski definition) is 0. The standard InChI is InChI=1S/C26H26N2O4S/c1-2-3-18-32-22-8-12-24(13-9-22)33(30,31)23-10-4-20(5-11-23)6-14-25(29)21-7-15-26-27-16-17-28(26)19-21/h4-5,7-13,15-17,19H,2-3,6,14,18H2,1H3. The van der Waals surface area contributed by atoms with E-state index in [2.05, 4.69) is 11.9 Å². The Kier molecular flexibility index (Phi) is 6.89. The van der Waals surface area contributed by atoms with Crippen LogP contribution in [-0.4, -0.2) is 30.2 Å². The maximum Gasteiger partial charge on any atom is 0.206 e. The molecule has 6 nitrogen and oxygen atoms in total. The number of benzene rings is 2. The lowest BCUT2D eigenvalue weighted by Gasteiger charge is -2.09. The summed E-state index contributed by atoms with van der Waals surface area (Å²) >= 11 is 0. The summed E-state index contributed by atoms with van der Waals surface area (Å²) in [5.74, 6) is 0.693. The van der Waals surface area contributed by atoms with Crippen molar-refractivity contribution in [2.45, 2.75) is 42.4 Å². The van der Waals surface area contributed by atoms with Crippen LogP contribution in [0, 0.1) is 0 Å². The van der Waals surface area contributed by atoms with E-state index in [0.29, 0.717) is 30.8 Å². The molecule has 2 aromatic heterocycles. The largest absolute Gasteiger partial charge is 0.494 e. The minimum absolute atomic E-state index is 0.0311. The summed E-state index contributed by atoms with van der Waals surface area (Å²) in [6.07, 6.45) is 8.14. The number of nitrogens with zero attached hydrogens (tertiary/aromatic N) is 2. The SMILES string of the molecule is CCCCOc1ccc(S(=O)(=O)c2ccc(CCC(=O)c3ccc4nccn4c3)cc2)cc1. The molecule has 33 heavy (non-hydrogen) atoms. The molecule has 0 atom stereocenters. The average molecular weight is 463 g/mol. The van der Waals surface area contributed by atoms with Crippen LogP contribution >= 0.6 is 0 Å². The first-order chi connectivity index (χ1) is 16.0. The van der Waals surface area contributed by atoms with Crippen molar-refractivity contribution in [1.82, 2.24) is 9.38 Å². The van der Waals surface area contributed by atoms with Crippen LogP contribution in [0.25, 0.3) is 5.65 Å². The molecule has 2 aromatic carbocycles. The summed E-state index contributed by atoms with van der Waals surface area (Å²) in [6.45, 7) is 2.70. The van der Waals surface area contributed by atoms with Crippen molar-refractivity contribution < 1.29 is 17.9 Å². The third kappa shape index (κ3) is 5.31. The molecule has 0 spiro atoms.